The summed E-state index contributed by atoms with van der Waals surface area (Å²) in [6.07, 6.45) is 0.460. The highest BCUT2D eigenvalue weighted by Gasteiger charge is 2.29. The van der Waals surface area contributed by atoms with Gasteiger partial charge in [-0.2, -0.15) is 0 Å². The van der Waals surface area contributed by atoms with E-state index in [1.807, 2.05) is 0 Å². The molecule has 1 N–H and O–H groups in total. The predicted molar refractivity (Wildman–Crippen MR) is 68.8 cm³/mol. The third-order valence-electron chi connectivity index (χ3n) is 2.75. The van der Waals surface area contributed by atoms with Crippen LogP contribution in [0.3, 0.4) is 0 Å². The lowest BCUT2D eigenvalue weighted by Gasteiger charge is -2.12. The molecule has 1 atom stereocenters. The molecule has 1 aliphatic rings. The molecule has 98 valence electrons. The van der Waals surface area contributed by atoms with E-state index in [-0.39, 0.29) is 28.3 Å². The average Bonchev–Trinajstić information content (AvgIpc) is 2.60. The summed E-state index contributed by atoms with van der Waals surface area (Å²) < 4.78 is 22.6. The van der Waals surface area contributed by atoms with Gasteiger partial charge in [0.25, 0.3) is 5.69 Å². The molecular formula is C10H11ClN2O4S. The molecule has 1 heterocycles. The minimum atomic E-state index is -3.02. The van der Waals surface area contributed by atoms with Crippen LogP contribution in [0.5, 0.6) is 0 Å². The van der Waals surface area contributed by atoms with Gasteiger partial charge in [-0.3, -0.25) is 10.1 Å². The first-order valence-electron chi connectivity index (χ1n) is 5.28. The molecule has 1 saturated heterocycles. The number of halogens is 1. The summed E-state index contributed by atoms with van der Waals surface area (Å²) in [5.74, 6) is 0.124. The summed E-state index contributed by atoms with van der Waals surface area (Å²) >= 11 is 5.69. The van der Waals surface area contributed by atoms with Gasteiger partial charge in [-0.05, 0) is 18.6 Å². The van der Waals surface area contributed by atoms with Crippen molar-refractivity contribution in [1.82, 2.24) is 0 Å². The van der Waals surface area contributed by atoms with Crippen molar-refractivity contribution in [2.75, 3.05) is 16.8 Å². The smallest absolute Gasteiger partial charge is 0.293 e. The van der Waals surface area contributed by atoms with Crippen LogP contribution in [0.2, 0.25) is 5.02 Å². The van der Waals surface area contributed by atoms with Crippen molar-refractivity contribution in [3.8, 4) is 0 Å². The molecule has 0 bridgehead atoms. The Balaban J connectivity index is 2.22. The monoisotopic (exact) mass is 290 g/mol. The van der Waals surface area contributed by atoms with Gasteiger partial charge in [-0.1, -0.05) is 11.6 Å². The van der Waals surface area contributed by atoms with Crippen molar-refractivity contribution < 1.29 is 13.3 Å². The number of sulfone groups is 1. The maximum absolute atomic E-state index is 11.3. The Morgan fingerprint density at radius 2 is 2.17 bits per heavy atom. The number of anilines is 1. The van der Waals surface area contributed by atoms with Crippen LogP contribution in [-0.2, 0) is 9.84 Å². The normalized spacial score (nSPS) is 21.7. The standard InChI is InChI=1S/C10H11ClN2O4S/c11-7-1-2-9(10(5-7)13(14)15)12-8-3-4-18(16,17)6-8/h1-2,5,8,12H,3-4,6H2. The summed E-state index contributed by atoms with van der Waals surface area (Å²) in [5.41, 5.74) is 0.151. The molecule has 18 heavy (non-hydrogen) atoms. The fraction of sp³-hybridized carbons (Fsp3) is 0.400. The van der Waals surface area contributed by atoms with Crippen LogP contribution in [0.4, 0.5) is 11.4 Å². The summed E-state index contributed by atoms with van der Waals surface area (Å²) in [7, 11) is -3.02. The molecule has 0 spiro atoms. The molecule has 0 amide bonds. The van der Waals surface area contributed by atoms with Crippen molar-refractivity contribution in [2.45, 2.75) is 12.5 Å². The maximum Gasteiger partial charge on any atom is 0.293 e. The molecule has 6 nitrogen and oxygen atoms in total. The first kappa shape index (κ1) is 13.1. The molecule has 1 fully saturated rings. The molecule has 1 unspecified atom stereocenters. The Kier molecular flexibility index (Phi) is 3.45. The van der Waals surface area contributed by atoms with E-state index < -0.39 is 14.8 Å². The number of nitrogens with one attached hydrogen (secondary N) is 1. The van der Waals surface area contributed by atoms with E-state index in [9.17, 15) is 18.5 Å². The lowest BCUT2D eigenvalue weighted by molar-refractivity contribution is -0.384. The van der Waals surface area contributed by atoms with E-state index in [1.54, 1.807) is 0 Å². The van der Waals surface area contributed by atoms with E-state index in [1.165, 1.54) is 18.2 Å². The molecule has 0 radical (unpaired) electrons. The summed E-state index contributed by atoms with van der Waals surface area (Å²) in [6, 6.07) is 3.98. The maximum atomic E-state index is 11.3. The molecular weight excluding hydrogens is 280 g/mol. The number of nitro groups is 1. The number of nitrogens with zero attached hydrogens (tertiary/aromatic N) is 1. The van der Waals surface area contributed by atoms with Crippen molar-refractivity contribution in [1.29, 1.82) is 0 Å². The lowest BCUT2D eigenvalue weighted by atomic mass is 10.2. The Labute approximate surface area is 109 Å². The van der Waals surface area contributed by atoms with E-state index in [2.05, 4.69) is 5.32 Å². The van der Waals surface area contributed by atoms with Crippen molar-refractivity contribution in [3.63, 3.8) is 0 Å². The third-order valence-corrected chi connectivity index (χ3v) is 4.75. The second-order valence-corrected chi connectivity index (χ2v) is 6.83. The van der Waals surface area contributed by atoms with Crippen molar-refractivity contribution >= 4 is 32.8 Å². The van der Waals surface area contributed by atoms with Gasteiger partial charge in [0.1, 0.15) is 5.69 Å². The number of benzene rings is 1. The summed E-state index contributed by atoms with van der Waals surface area (Å²) in [4.78, 5) is 10.3. The minimum Gasteiger partial charge on any atom is -0.376 e. The van der Waals surface area contributed by atoms with Crippen molar-refractivity contribution in [2.24, 2.45) is 0 Å². The SMILES string of the molecule is O=[N+]([O-])c1cc(Cl)ccc1NC1CCS(=O)(=O)C1. The highest BCUT2D eigenvalue weighted by Crippen LogP contribution is 2.29. The summed E-state index contributed by atoms with van der Waals surface area (Å²) in [6.45, 7) is 0. The first-order valence-corrected chi connectivity index (χ1v) is 7.48. The van der Waals surface area contributed by atoms with Gasteiger partial charge in [0.2, 0.25) is 0 Å². The van der Waals surface area contributed by atoms with Gasteiger partial charge in [0.15, 0.2) is 9.84 Å². The quantitative estimate of drug-likeness (QED) is 0.678. The average molecular weight is 291 g/mol. The third kappa shape index (κ3) is 2.91. The number of nitro benzene ring substituents is 1. The number of hydrogen-bond acceptors (Lipinski definition) is 5. The second-order valence-electron chi connectivity index (χ2n) is 4.16. The number of hydrogen-bond donors (Lipinski definition) is 1. The van der Waals surface area contributed by atoms with E-state index >= 15 is 0 Å². The van der Waals surface area contributed by atoms with Crippen molar-refractivity contribution in [3.05, 3.63) is 33.3 Å². The molecule has 0 aromatic heterocycles. The Bertz CT molecular complexity index is 588. The Morgan fingerprint density at radius 3 is 2.72 bits per heavy atom. The Hall–Kier alpha value is -1.34. The minimum absolute atomic E-state index is 0.00673. The molecule has 2 rings (SSSR count). The number of rotatable bonds is 3. The van der Waals surface area contributed by atoms with Gasteiger partial charge in [-0.25, -0.2) is 8.42 Å². The molecule has 0 aliphatic carbocycles. The van der Waals surface area contributed by atoms with Crippen LogP contribution in [-0.4, -0.2) is 30.9 Å². The van der Waals surface area contributed by atoms with Crippen LogP contribution in [0.15, 0.2) is 18.2 Å². The fourth-order valence-corrected chi connectivity index (χ4v) is 3.75. The molecule has 1 aromatic carbocycles. The molecule has 1 aromatic rings. The second kappa shape index (κ2) is 4.74. The van der Waals surface area contributed by atoms with Crippen LogP contribution < -0.4 is 5.32 Å². The molecule has 8 heteroatoms. The first-order chi connectivity index (χ1) is 8.37. The van der Waals surface area contributed by atoms with Gasteiger partial charge in [0, 0.05) is 17.1 Å². The van der Waals surface area contributed by atoms with E-state index in [0.29, 0.717) is 12.1 Å². The largest absolute Gasteiger partial charge is 0.376 e. The molecule has 0 saturated carbocycles. The van der Waals surface area contributed by atoms with Crippen LogP contribution in [0, 0.1) is 10.1 Å². The predicted octanol–water partition coefficient (Wildman–Crippen LogP) is 1.85. The highest BCUT2D eigenvalue weighted by atomic mass is 35.5. The van der Waals surface area contributed by atoms with Crippen LogP contribution in [0.1, 0.15) is 6.42 Å². The van der Waals surface area contributed by atoms with Gasteiger partial charge in [-0.15, -0.1) is 0 Å². The molecule has 1 aliphatic heterocycles. The van der Waals surface area contributed by atoms with Crippen LogP contribution >= 0.6 is 11.6 Å². The van der Waals surface area contributed by atoms with Gasteiger partial charge >= 0.3 is 0 Å². The van der Waals surface area contributed by atoms with Gasteiger partial charge in [0.05, 0.1) is 16.4 Å². The zero-order valence-corrected chi connectivity index (χ0v) is 10.9. The lowest BCUT2D eigenvalue weighted by Crippen LogP contribution is -2.21. The summed E-state index contributed by atoms with van der Waals surface area (Å²) in [5, 5.41) is 14.0. The fourth-order valence-electron chi connectivity index (χ4n) is 1.91. The van der Waals surface area contributed by atoms with E-state index in [0.717, 1.165) is 0 Å². The van der Waals surface area contributed by atoms with Crippen LogP contribution in [0.25, 0.3) is 0 Å². The zero-order chi connectivity index (χ0) is 13.3. The Morgan fingerprint density at radius 1 is 1.44 bits per heavy atom. The zero-order valence-electron chi connectivity index (χ0n) is 9.30. The topological polar surface area (TPSA) is 89.3 Å². The highest BCUT2D eigenvalue weighted by molar-refractivity contribution is 7.91. The van der Waals surface area contributed by atoms with Gasteiger partial charge < -0.3 is 5.32 Å². The van der Waals surface area contributed by atoms with E-state index in [4.69, 9.17) is 11.6 Å².